The van der Waals surface area contributed by atoms with Gasteiger partial charge in [0.25, 0.3) is 0 Å². The van der Waals surface area contributed by atoms with Gasteiger partial charge in [-0.25, -0.2) is 0 Å². The average molecular weight is 483 g/mol. The van der Waals surface area contributed by atoms with Crippen LogP contribution in [0.5, 0.6) is 5.75 Å². The Hall–Kier alpha value is -1.89. The van der Waals surface area contributed by atoms with Crippen LogP contribution in [0.1, 0.15) is 31.9 Å². The second-order valence-corrected chi connectivity index (χ2v) is 9.21. The van der Waals surface area contributed by atoms with Crippen molar-refractivity contribution in [2.24, 2.45) is 0 Å². The van der Waals surface area contributed by atoms with Crippen LogP contribution in [-0.2, 0) is 21.9 Å². The second-order valence-electron chi connectivity index (χ2n) is 7.41. The maximum Gasteiger partial charge on any atom is 0.242 e. The predicted octanol–water partition coefficient (Wildman–Crippen LogP) is 5.18. The van der Waals surface area contributed by atoms with Crippen LogP contribution in [0.3, 0.4) is 0 Å². The number of benzene rings is 2. The quantitative estimate of drug-likeness (QED) is 0.506. The lowest BCUT2D eigenvalue weighted by atomic mass is 10.1. The Morgan fingerprint density at radius 1 is 1.10 bits per heavy atom. The molecule has 31 heavy (non-hydrogen) atoms. The third kappa shape index (κ3) is 7.63. The van der Waals surface area contributed by atoms with E-state index in [2.05, 4.69) is 5.32 Å². The summed E-state index contributed by atoms with van der Waals surface area (Å²) < 4.78 is 5.28. The van der Waals surface area contributed by atoms with Gasteiger partial charge in [0.05, 0.1) is 12.9 Å². The standard InChI is InChI=1S/C23H28Cl2N2O3S/c1-15(2)26-23(29)16(3)27(12-17-7-5-8-18(11-17)30-4)22(28)14-31-13-19-20(24)9-6-10-21(19)25/h5-11,15-16H,12-14H2,1-4H3,(H,26,29)/t16-/m0/s1. The van der Waals surface area contributed by atoms with Crippen molar-refractivity contribution in [1.29, 1.82) is 0 Å². The number of nitrogens with zero attached hydrogens (tertiary/aromatic N) is 1. The number of thioether (sulfide) groups is 1. The molecule has 0 aliphatic heterocycles. The van der Waals surface area contributed by atoms with Crippen LogP contribution in [0.2, 0.25) is 10.0 Å². The molecule has 0 unspecified atom stereocenters. The van der Waals surface area contributed by atoms with Gasteiger partial charge in [-0.05, 0) is 56.2 Å². The SMILES string of the molecule is COc1cccc(CN(C(=O)CSCc2c(Cl)cccc2Cl)[C@@H](C)C(=O)NC(C)C)c1. The van der Waals surface area contributed by atoms with Crippen LogP contribution < -0.4 is 10.1 Å². The second kappa shape index (κ2) is 12.2. The number of carbonyl (C=O) groups excluding carboxylic acids is 2. The van der Waals surface area contributed by atoms with Crippen LogP contribution in [0.15, 0.2) is 42.5 Å². The first kappa shape index (κ1) is 25.4. The summed E-state index contributed by atoms with van der Waals surface area (Å²) in [4.78, 5) is 27.3. The van der Waals surface area contributed by atoms with Crippen molar-refractivity contribution in [3.63, 3.8) is 0 Å². The van der Waals surface area contributed by atoms with Gasteiger partial charge < -0.3 is 15.0 Å². The first-order valence-corrected chi connectivity index (χ1v) is 11.9. The highest BCUT2D eigenvalue weighted by Crippen LogP contribution is 2.28. The molecule has 0 aliphatic rings. The number of hydrogen-bond acceptors (Lipinski definition) is 4. The maximum absolute atomic E-state index is 13.1. The van der Waals surface area contributed by atoms with Gasteiger partial charge in [-0.2, -0.15) is 0 Å². The van der Waals surface area contributed by atoms with Crippen LogP contribution in [0.4, 0.5) is 0 Å². The molecule has 8 heteroatoms. The Balaban J connectivity index is 2.13. The van der Waals surface area contributed by atoms with Crippen molar-refractivity contribution in [1.82, 2.24) is 10.2 Å². The monoisotopic (exact) mass is 482 g/mol. The lowest BCUT2D eigenvalue weighted by molar-refractivity contribution is -0.138. The zero-order valence-electron chi connectivity index (χ0n) is 18.2. The number of methoxy groups -OCH3 is 1. The molecule has 0 heterocycles. The van der Waals surface area contributed by atoms with Gasteiger partial charge in [0.15, 0.2) is 0 Å². The van der Waals surface area contributed by atoms with Crippen LogP contribution in [0, 0.1) is 0 Å². The van der Waals surface area contributed by atoms with E-state index in [9.17, 15) is 9.59 Å². The van der Waals surface area contributed by atoms with Crippen LogP contribution in [0.25, 0.3) is 0 Å². The number of halogens is 2. The number of ether oxygens (including phenoxy) is 1. The van der Waals surface area contributed by atoms with E-state index in [1.165, 1.54) is 11.8 Å². The molecule has 0 radical (unpaired) electrons. The van der Waals surface area contributed by atoms with E-state index in [0.717, 1.165) is 11.1 Å². The van der Waals surface area contributed by atoms with Gasteiger partial charge in [-0.3, -0.25) is 9.59 Å². The minimum absolute atomic E-state index is 0.0135. The normalized spacial score (nSPS) is 11.8. The Kier molecular flexibility index (Phi) is 10.0. The molecule has 2 amide bonds. The van der Waals surface area contributed by atoms with Gasteiger partial charge in [-0.1, -0.05) is 41.4 Å². The average Bonchev–Trinajstić information content (AvgIpc) is 2.73. The van der Waals surface area contributed by atoms with Crippen molar-refractivity contribution in [2.75, 3.05) is 12.9 Å². The number of nitrogens with one attached hydrogen (secondary N) is 1. The minimum Gasteiger partial charge on any atom is -0.497 e. The summed E-state index contributed by atoms with van der Waals surface area (Å²) in [5.74, 6) is 1.08. The Morgan fingerprint density at radius 2 is 1.74 bits per heavy atom. The molecule has 2 aromatic carbocycles. The third-order valence-corrected chi connectivity index (χ3v) is 6.27. The molecule has 0 bridgehead atoms. The molecule has 0 fully saturated rings. The zero-order chi connectivity index (χ0) is 23.0. The summed E-state index contributed by atoms with van der Waals surface area (Å²) in [7, 11) is 1.59. The molecule has 0 spiro atoms. The summed E-state index contributed by atoms with van der Waals surface area (Å²) in [5, 5.41) is 4.03. The van der Waals surface area contributed by atoms with Gasteiger partial charge in [0, 0.05) is 28.4 Å². The van der Waals surface area contributed by atoms with Gasteiger partial charge in [0.2, 0.25) is 11.8 Å². The fraction of sp³-hybridized carbons (Fsp3) is 0.391. The van der Waals surface area contributed by atoms with E-state index < -0.39 is 6.04 Å². The third-order valence-electron chi connectivity index (χ3n) is 4.62. The van der Waals surface area contributed by atoms with Gasteiger partial charge >= 0.3 is 0 Å². The number of hydrogen-bond donors (Lipinski definition) is 1. The predicted molar refractivity (Wildman–Crippen MR) is 129 cm³/mol. The van der Waals surface area contributed by atoms with Crippen molar-refractivity contribution < 1.29 is 14.3 Å². The van der Waals surface area contributed by atoms with Crippen molar-refractivity contribution >= 4 is 46.8 Å². The highest BCUT2D eigenvalue weighted by molar-refractivity contribution is 7.99. The van der Waals surface area contributed by atoms with Crippen LogP contribution >= 0.6 is 35.0 Å². The fourth-order valence-electron chi connectivity index (χ4n) is 2.95. The summed E-state index contributed by atoms with van der Waals surface area (Å²) in [5.41, 5.74) is 1.68. The summed E-state index contributed by atoms with van der Waals surface area (Å²) in [6, 6.07) is 12.2. The van der Waals surface area contributed by atoms with Crippen molar-refractivity contribution in [2.45, 2.75) is 45.2 Å². The van der Waals surface area contributed by atoms with Crippen molar-refractivity contribution in [3.8, 4) is 5.75 Å². The lowest BCUT2D eigenvalue weighted by Crippen LogP contribution is -2.49. The molecule has 0 aromatic heterocycles. The largest absolute Gasteiger partial charge is 0.497 e. The van der Waals surface area contributed by atoms with E-state index in [1.807, 2.05) is 38.1 Å². The molecule has 0 saturated carbocycles. The van der Waals surface area contributed by atoms with E-state index in [-0.39, 0.29) is 23.6 Å². The van der Waals surface area contributed by atoms with Gasteiger partial charge in [0.1, 0.15) is 11.8 Å². The first-order valence-electron chi connectivity index (χ1n) is 9.96. The summed E-state index contributed by atoms with van der Waals surface area (Å²) in [6.45, 7) is 5.82. The van der Waals surface area contributed by atoms with E-state index in [0.29, 0.717) is 28.1 Å². The molecule has 5 nitrogen and oxygen atoms in total. The lowest BCUT2D eigenvalue weighted by Gasteiger charge is -2.29. The van der Waals surface area contributed by atoms with Crippen molar-refractivity contribution in [3.05, 3.63) is 63.6 Å². The molecule has 1 N–H and O–H groups in total. The molecule has 2 aromatic rings. The number of rotatable bonds is 10. The molecule has 168 valence electrons. The van der Waals surface area contributed by atoms with E-state index in [1.54, 1.807) is 37.1 Å². The highest BCUT2D eigenvalue weighted by atomic mass is 35.5. The maximum atomic E-state index is 13.1. The van der Waals surface area contributed by atoms with Crippen LogP contribution in [-0.4, -0.2) is 41.7 Å². The molecule has 2 rings (SSSR count). The Bertz CT molecular complexity index is 888. The van der Waals surface area contributed by atoms with E-state index >= 15 is 0 Å². The van der Waals surface area contributed by atoms with Gasteiger partial charge in [-0.15, -0.1) is 11.8 Å². The molecular weight excluding hydrogens is 455 g/mol. The summed E-state index contributed by atoms with van der Waals surface area (Å²) in [6.07, 6.45) is 0. The Morgan fingerprint density at radius 3 is 2.35 bits per heavy atom. The number of carbonyl (C=O) groups is 2. The number of amides is 2. The summed E-state index contributed by atoms with van der Waals surface area (Å²) >= 11 is 13.9. The Labute approximate surface area is 198 Å². The molecule has 1 atom stereocenters. The highest BCUT2D eigenvalue weighted by Gasteiger charge is 2.26. The fourth-order valence-corrected chi connectivity index (χ4v) is 4.60. The minimum atomic E-state index is -0.620. The molecule has 0 saturated heterocycles. The topological polar surface area (TPSA) is 58.6 Å². The smallest absolute Gasteiger partial charge is 0.242 e. The molecular formula is C23H28Cl2N2O3S. The van der Waals surface area contributed by atoms with E-state index in [4.69, 9.17) is 27.9 Å². The molecule has 0 aliphatic carbocycles. The zero-order valence-corrected chi connectivity index (χ0v) is 20.5. The first-order chi connectivity index (χ1) is 14.7.